The van der Waals surface area contributed by atoms with Gasteiger partial charge in [0.15, 0.2) is 0 Å². The van der Waals surface area contributed by atoms with E-state index >= 15 is 4.39 Å². The minimum Gasteiger partial charge on any atom is -0.406 e. The van der Waals surface area contributed by atoms with Gasteiger partial charge in [-0.2, -0.15) is 0 Å². The third-order valence-corrected chi connectivity index (χ3v) is 8.56. The number of amides is 1. The van der Waals surface area contributed by atoms with Crippen LogP contribution in [0.15, 0.2) is 103 Å². The van der Waals surface area contributed by atoms with Crippen LogP contribution in [0.2, 0.25) is 0 Å². The lowest BCUT2D eigenvalue weighted by Gasteiger charge is -2.45. The Morgan fingerprint density at radius 3 is 2.39 bits per heavy atom. The Balaban J connectivity index is 1.50. The summed E-state index contributed by atoms with van der Waals surface area (Å²) in [4.78, 5) is 20.2. The number of nitrogens with zero attached hydrogens (tertiary/aromatic N) is 2. The molecule has 1 saturated heterocycles. The number of nitrogens with one attached hydrogen (secondary N) is 1. The lowest BCUT2D eigenvalue weighted by molar-refractivity contribution is -0.274. The Morgan fingerprint density at radius 1 is 0.909 bits per heavy atom. The van der Waals surface area contributed by atoms with Gasteiger partial charge in [0.1, 0.15) is 29.8 Å². The van der Waals surface area contributed by atoms with Gasteiger partial charge in [-0.1, -0.05) is 36.4 Å². The smallest absolute Gasteiger partial charge is 0.406 e. The summed E-state index contributed by atoms with van der Waals surface area (Å²) in [7, 11) is 2.01. The van der Waals surface area contributed by atoms with Crippen LogP contribution in [-0.4, -0.2) is 48.3 Å². The molecule has 1 unspecified atom stereocenters. The van der Waals surface area contributed by atoms with Gasteiger partial charge in [-0.05, 0) is 84.2 Å². The molecule has 1 amide bonds. The van der Waals surface area contributed by atoms with E-state index in [1.807, 2.05) is 67.8 Å². The van der Waals surface area contributed by atoms with E-state index in [-0.39, 0.29) is 22.6 Å². The van der Waals surface area contributed by atoms with Crippen molar-refractivity contribution >= 4 is 22.5 Å². The summed E-state index contributed by atoms with van der Waals surface area (Å²) in [6, 6.07) is 26.9. The number of carbonyl (C=O) groups is 1. The molecule has 5 aromatic rings. The molecule has 0 bridgehead atoms. The predicted octanol–water partition coefficient (Wildman–Crippen LogP) is 8.31. The number of likely N-dealkylation sites (tertiary alicyclic amines) is 1. The molecule has 4 aromatic carbocycles. The molecule has 0 saturated carbocycles. The number of quaternary nitrogens is 1. The molecule has 1 fully saturated rings. The minimum absolute atomic E-state index is 0.0202. The highest BCUT2D eigenvalue weighted by Gasteiger charge is 2.48. The average Bonchev–Trinajstić information content (AvgIpc) is 3.49. The highest BCUT2D eigenvalue weighted by atomic mass is 19.4. The fourth-order valence-electron chi connectivity index (χ4n) is 6.35. The zero-order valence-corrected chi connectivity index (χ0v) is 24.2. The largest absolute Gasteiger partial charge is 0.573 e. The summed E-state index contributed by atoms with van der Waals surface area (Å²) in [5.74, 6) is -1.35. The number of piperidine rings is 1. The first-order chi connectivity index (χ1) is 21.1. The number of benzene rings is 4. The molecular weight excluding hydrogens is 570 g/mol. The number of hydrogen-bond donors (Lipinski definition) is 1. The molecule has 44 heavy (non-hydrogen) atoms. The van der Waals surface area contributed by atoms with Gasteiger partial charge in [0.25, 0.3) is 0 Å². The van der Waals surface area contributed by atoms with Crippen molar-refractivity contribution in [2.24, 2.45) is 0 Å². The van der Waals surface area contributed by atoms with Crippen LogP contribution in [-0.2, 0) is 6.54 Å². The van der Waals surface area contributed by atoms with Crippen LogP contribution in [0.1, 0.15) is 28.8 Å². The highest BCUT2D eigenvalue weighted by Crippen LogP contribution is 2.38. The molecule has 6 rings (SSSR count). The molecule has 0 spiro atoms. The van der Waals surface area contributed by atoms with Crippen LogP contribution in [0.3, 0.4) is 0 Å². The van der Waals surface area contributed by atoms with E-state index in [1.165, 1.54) is 24.3 Å². The lowest BCUT2D eigenvalue weighted by Crippen LogP contribution is -2.62. The van der Waals surface area contributed by atoms with Crippen molar-refractivity contribution in [3.63, 3.8) is 0 Å². The number of H-pyrrole nitrogens is 1. The summed E-state index contributed by atoms with van der Waals surface area (Å²) >= 11 is 0. The quantitative estimate of drug-likeness (QED) is 0.151. The topological polar surface area (TPSA) is 45.3 Å². The molecule has 1 aliphatic rings. The maximum absolute atomic E-state index is 15.8. The maximum atomic E-state index is 15.8. The number of alkyl halides is 3. The summed E-state index contributed by atoms with van der Waals surface area (Å²) in [6.07, 6.45) is -1.77. The van der Waals surface area contributed by atoms with Gasteiger partial charge in [0.2, 0.25) is 0 Å². The number of carbonyl (C=O) groups excluding carboxylic acids is 1. The van der Waals surface area contributed by atoms with Gasteiger partial charge in [-0.3, -0.25) is 0 Å². The predicted molar refractivity (Wildman–Crippen MR) is 164 cm³/mol. The average molecular weight is 603 g/mol. The summed E-state index contributed by atoms with van der Waals surface area (Å²) in [5.41, 5.74) is 3.73. The third-order valence-electron chi connectivity index (χ3n) is 8.56. The summed E-state index contributed by atoms with van der Waals surface area (Å²) in [6.45, 7) is 1.43. The third kappa shape index (κ3) is 5.98. The van der Waals surface area contributed by atoms with Gasteiger partial charge in [-0.25, -0.2) is 13.7 Å². The van der Waals surface area contributed by atoms with Crippen molar-refractivity contribution in [2.75, 3.05) is 20.1 Å². The van der Waals surface area contributed by atoms with Crippen molar-refractivity contribution in [1.29, 1.82) is 0 Å². The van der Waals surface area contributed by atoms with Crippen molar-refractivity contribution < 1.29 is 27.1 Å². The number of ether oxygens (including phenoxy) is 1. The number of rotatable bonds is 7. The van der Waals surface area contributed by atoms with Gasteiger partial charge in [0.05, 0.1) is 5.56 Å². The fraction of sp³-hybridized carbons (Fsp3) is 0.229. The van der Waals surface area contributed by atoms with Crippen molar-refractivity contribution in [2.45, 2.75) is 31.8 Å². The molecule has 1 atom stereocenters. The van der Waals surface area contributed by atoms with E-state index in [2.05, 4.69) is 14.6 Å². The van der Waals surface area contributed by atoms with E-state index < -0.39 is 23.8 Å². The first kappa shape index (κ1) is 29.6. The summed E-state index contributed by atoms with van der Waals surface area (Å²) < 4.78 is 59.0. The zero-order chi connectivity index (χ0) is 30.9. The van der Waals surface area contributed by atoms with Crippen LogP contribution < -0.4 is 9.22 Å². The number of para-hydroxylation sites is 1. The molecular formula is C35H32F4N3O2+. The van der Waals surface area contributed by atoms with E-state index in [9.17, 15) is 18.0 Å². The second-order valence-corrected chi connectivity index (χ2v) is 11.4. The molecule has 0 radical (unpaired) electrons. The minimum atomic E-state index is -4.91. The fourth-order valence-corrected chi connectivity index (χ4v) is 6.35. The molecule has 226 valence electrons. The summed E-state index contributed by atoms with van der Waals surface area (Å²) in [5, 5.41) is 1.02. The highest BCUT2D eigenvalue weighted by molar-refractivity contribution is 6.03. The number of fused-ring (bicyclic) bond motifs is 1. The van der Waals surface area contributed by atoms with E-state index in [1.54, 1.807) is 12.1 Å². The van der Waals surface area contributed by atoms with E-state index in [0.717, 1.165) is 41.2 Å². The molecule has 2 heterocycles. The van der Waals surface area contributed by atoms with Gasteiger partial charge in [0, 0.05) is 43.2 Å². The van der Waals surface area contributed by atoms with Crippen LogP contribution in [0.4, 0.5) is 23.2 Å². The van der Waals surface area contributed by atoms with Crippen LogP contribution in [0, 0.1) is 5.82 Å². The molecule has 9 heteroatoms. The first-order valence-electron chi connectivity index (χ1n) is 14.5. The first-order valence-corrected chi connectivity index (χ1v) is 14.5. The maximum Gasteiger partial charge on any atom is 0.573 e. The molecule has 1 N–H and O–H groups in total. The number of aromatic nitrogens is 1. The molecule has 5 nitrogen and oxygen atoms in total. The van der Waals surface area contributed by atoms with Crippen LogP contribution >= 0.6 is 0 Å². The van der Waals surface area contributed by atoms with Gasteiger partial charge >= 0.3 is 12.3 Å². The van der Waals surface area contributed by atoms with Crippen LogP contribution in [0.5, 0.6) is 5.75 Å². The standard InChI is InChI=1S/C35H32F4N3O2/c1-41-18-15-30(16-19-41)42(29-7-3-2-4-8-29,34(43)27-6-5-9-31(22-27)44-35(37,38)39)23-28-21-24(10-12-32(28)36)25-11-13-33-26(20-25)14-17-40-33/h2-14,17,20-22,30,40H,15-16,18-19,23H2,1H3/q+1. The molecule has 0 aliphatic carbocycles. The number of hydrogen-bond acceptors (Lipinski definition) is 3. The van der Waals surface area contributed by atoms with Crippen molar-refractivity contribution in [3.8, 4) is 16.9 Å². The number of halogens is 4. The Hall–Kier alpha value is -4.47. The lowest BCUT2D eigenvalue weighted by atomic mass is 9.94. The Labute approximate surface area is 252 Å². The second kappa shape index (κ2) is 11.9. The monoisotopic (exact) mass is 602 g/mol. The van der Waals surface area contributed by atoms with Crippen molar-refractivity contribution in [3.05, 3.63) is 120 Å². The number of aromatic amines is 1. The Bertz CT molecular complexity index is 1780. The molecule has 1 aliphatic heterocycles. The van der Waals surface area contributed by atoms with E-state index in [4.69, 9.17) is 0 Å². The SMILES string of the molecule is CN1CCC([N+](Cc2cc(-c3ccc4[nH]ccc4c3)ccc2F)(C(=O)c2cccc(OC(F)(F)F)c2)c2ccccc2)CC1. The normalized spacial score (nSPS) is 16.1. The second-order valence-electron chi connectivity index (χ2n) is 11.4. The van der Waals surface area contributed by atoms with Gasteiger partial charge < -0.3 is 14.6 Å². The van der Waals surface area contributed by atoms with E-state index in [0.29, 0.717) is 24.1 Å². The van der Waals surface area contributed by atoms with Crippen LogP contribution in [0.25, 0.3) is 22.0 Å². The zero-order valence-electron chi connectivity index (χ0n) is 24.2. The Morgan fingerprint density at radius 2 is 1.64 bits per heavy atom. The molecule has 1 aromatic heterocycles. The van der Waals surface area contributed by atoms with Gasteiger partial charge in [-0.15, -0.1) is 13.2 Å². The Kier molecular flexibility index (Phi) is 8.00. The van der Waals surface area contributed by atoms with Crippen molar-refractivity contribution in [1.82, 2.24) is 14.4 Å².